The summed E-state index contributed by atoms with van der Waals surface area (Å²) in [5.41, 5.74) is 8.89. The van der Waals surface area contributed by atoms with Gasteiger partial charge in [0.25, 0.3) is 0 Å². The number of benzene rings is 1. The molecular weight excluding hydrogens is 234 g/mol. The minimum atomic E-state index is 0.268. The van der Waals surface area contributed by atoms with E-state index in [0.717, 1.165) is 6.54 Å². The molecule has 1 aromatic carbocycles. The lowest BCUT2D eigenvalue weighted by Gasteiger charge is -2.38. The summed E-state index contributed by atoms with van der Waals surface area (Å²) in [5, 5.41) is 0. The van der Waals surface area contributed by atoms with E-state index in [1.54, 1.807) is 0 Å². The number of likely N-dealkylation sites (tertiary alicyclic amines) is 1. The van der Waals surface area contributed by atoms with Gasteiger partial charge in [-0.3, -0.25) is 4.90 Å². The first-order valence-corrected chi connectivity index (χ1v) is 7.20. The van der Waals surface area contributed by atoms with E-state index < -0.39 is 0 Å². The third kappa shape index (κ3) is 2.93. The second kappa shape index (κ2) is 5.51. The maximum atomic E-state index is 6.05. The van der Waals surface area contributed by atoms with Crippen molar-refractivity contribution in [2.45, 2.75) is 38.3 Å². The van der Waals surface area contributed by atoms with Crippen LogP contribution in [0, 0.1) is 0 Å². The molecule has 2 rings (SSSR count). The van der Waals surface area contributed by atoms with Gasteiger partial charge in [0.2, 0.25) is 0 Å². The predicted octanol–water partition coefficient (Wildman–Crippen LogP) is 2.63. The minimum Gasteiger partial charge on any atom is -0.378 e. The van der Waals surface area contributed by atoms with Gasteiger partial charge in [-0.25, -0.2) is 0 Å². The summed E-state index contributed by atoms with van der Waals surface area (Å²) in [4.78, 5) is 4.69. The molecular formula is C16H27N3. The first-order valence-electron chi connectivity index (χ1n) is 7.20. The zero-order valence-electron chi connectivity index (χ0n) is 12.7. The van der Waals surface area contributed by atoms with Crippen LogP contribution in [-0.4, -0.2) is 37.6 Å². The Morgan fingerprint density at radius 3 is 2.32 bits per heavy atom. The van der Waals surface area contributed by atoms with Gasteiger partial charge in [0, 0.05) is 37.9 Å². The summed E-state index contributed by atoms with van der Waals surface area (Å²) < 4.78 is 0. The third-order valence-corrected chi connectivity index (χ3v) is 4.36. The monoisotopic (exact) mass is 261 g/mol. The fourth-order valence-corrected chi connectivity index (χ4v) is 3.14. The van der Waals surface area contributed by atoms with Crippen LogP contribution in [0.15, 0.2) is 24.3 Å². The van der Waals surface area contributed by atoms with E-state index >= 15 is 0 Å². The average molecular weight is 261 g/mol. The van der Waals surface area contributed by atoms with Crippen LogP contribution in [0.25, 0.3) is 0 Å². The molecule has 1 heterocycles. The molecule has 1 aliphatic heterocycles. The van der Waals surface area contributed by atoms with Crippen molar-refractivity contribution in [3.8, 4) is 0 Å². The van der Waals surface area contributed by atoms with Gasteiger partial charge >= 0.3 is 0 Å². The van der Waals surface area contributed by atoms with Crippen LogP contribution in [0.4, 0.5) is 5.69 Å². The van der Waals surface area contributed by atoms with Crippen molar-refractivity contribution < 1.29 is 0 Å². The lowest BCUT2D eigenvalue weighted by molar-refractivity contribution is 0.119. The topological polar surface area (TPSA) is 32.5 Å². The van der Waals surface area contributed by atoms with Gasteiger partial charge in [-0.05, 0) is 50.9 Å². The predicted molar refractivity (Wildman–Crippen MR) is 82.6 cm³/mol. The van der Waals surface area contributed by atoms with E-state index in [9.17, 15) is 0 Å². The molecule has 0 aliphatic carbocycles. The van der Waals surface area contributed by atoms with Crippen molar-refractivity contribution in [3.63, 3.8) is 0 Å². The Bertz CT molecular complexity index is 409. The minimum absolute atomic E-state index is 0.268. The number of nitrogens with zero attached hydrogens (tertiary/aromatic N) is 2. The zero-order valence-corrected chi connectivity index (χ0v) is 12.7. The molecule has 0 spiro atoms. The second-order valence-corrected chi connectivity index (χ2v) is 6.35. The van der Waals surface area contributed by atoms with E-state index in [1.807, 2.05) is 0 Å². The van der Waals surface area contributed by atoms with Crippen molar-refractivity contribution in [2.24, 2.45) is 5.73 Å². The normalized spacial score (nSPS) is 20.5. The molecule has 106 valence electrons. The van der Waals surface area contributed by atoms with Crippen LogP contribution >= 0.6 is 0 Å². The Hall–Kier alpha value is -1.06. The highest BCUT2D eigenvalue weighted by molar-refractivity contribution is 5.46. The highest BCUT2D eigenvalue weighted by Gasteiger charge is 2.36. The highest BCUT2D eigenvalue weighted by atomic mass is 15.2. The second-order valence-electron chi connectivity index (χ2n) is 6.35. The Labute approximate surface area is 117 Å². The van der Waals surface area contributed by atoms with Crippen LogP contribution in [0.5, 0.6) is 0 Å². The smallest absolute Gasteiger partial charge is 0.0475 e. The maximum absolute atomic E-state index is 6.05. The van der Waals surface area contributed by atoms with E-state index in [4.69, 9.17) is 5.73 Å². The molecule has 1 aromatic rings. The van der Waals surface area contributed by atoms with E-state index in [0.29, 0.717) is 12.6 Å². The molecule has 1 atom stereocenters. The Morgan fingerprint density at radius 1 is 1.26 bits per heavy atom. The quantitative estimate of drug-likeness (QED) is 0.904. The molecule has 1 saturated heterocycles. The van der Waals surface area contributed by atoms with Crippen molar-refractivity contribution in [2.75, 3.05) is 32.1 Å². The highest BCUT2D eigenvalue weighted by Crippen LogP contribution is 2.36. The van der Waals surface area contributed by atoms with Crippen LogP contribution < -0.4 is 10.6 Å². The molecule has 19 heavy (non-hydrogen) atoms. The molecule has 3 heteroatoms. The van der Waals surface area contributed by atoms with Crippen molar-refractivity contribution >= 4 is 5.69 Å². The molecule has 0 radical (unpaired) electrons. The fraction of sp³-hybridized carbons (Fsp3) is 0.625. The Morgan fingerprint density at radius 2 is 1.89 bits per heavy atom. The molecule has 2 N–H and O–H groups in total. The van der Waals surface area contributed by atoms with E-state index in [-0.39, 0.29) is 5.54 Å². The lowest BCUT2D eigenvalue weighted by Crippen LogP contribution is -2.43. The van der Waals surface area contributed by atoms with Gasteiger partial charge in [0.15, 0.2) is 0 Å². The standard InChI is InChI=1S/C16H27N3/c1-16(2)10-5-11-19(16)15(12-17)13-6-8-14(9-7-13)18(3)4/h6-9,15H,5,10-12,17H2,1-4H3. The molecule has 3 nitrogen and oxygen atoms in total. The summed E-state index contributed by atoms with van der Waals surface area (Å²) in [6, 6.07) is 9.15. The van der Waals surface area contributed by atoms with E-state index in [1.165, 1.54) is 24.1 Å². The van der Waals surface area contributed by atoms with Crippen molar-refractivity contribution in [3.05, 3.63) is 29.8 Å². The zero-order chi connectivity index (χ0) is 14.0. The molecule has 0 bridgehead atoms. The number of rotatable bonds is 4. The van der Waals surface area contributed by atoms with Gasteiger partial charge in [0.1, 0.15) is 0 Å². The summed E-state index contributed by atoms with van der Waals surface area (Å²) in [7, 11) is 4.14. The van der Waals surface area contributed by atoms with Gasteiger partial charge < -0.3 is 10.6 Å². The van der Waals surface area contributed by atoms with Gasteiger partial charge in [0.05, 0.1) is 0 Å². The number of hydrogen-bond acceptors (Lipinski definition) is 3. The van der Waals surface area contributed by atoms with Crippen LogP contribution in [0.3, 0.4) is 0 Å². The lowest BCUT2D eigenvalue weighted by atomic mass is 9.97. The first-order chi connectivity index (χ1) is 8.95. The number of nitrogens with two attached hydrogens (primary N) is 1. The van der Waals surface area contributed by atoms with Crippen molar-refractivity contribution in [1.29, 1.82) is 0 Å². The van der Waals surface area contributed by atoms with Crippen LogP contribution in [0.1, 0.15) is 38.3 Å². The first kappa shape index (κ1) is 14.4. The van der Waals surface area contributed by atoms with E-state index in [2.05, 4.69) is 62.0 Å². The third-order valence-electron chi connectivity index (χ3n) is 4.36. The van der Waals surface area contributed by atoms with Gasteiger partial charge in [-0.1, -0.05) is 12.1 Å². The maximum Gasteiger partial charge on any atom is 0.0475 e. The summed E-state index contributed by atoms with van der Waals surface area (Å²) >= 11 is 0. The Kier molecular flexibility index (Phi) is 4.16. The molecule has 0 aromatic heterocycles. The molecule has 0 amide bonds. The molecule has 1 unspecified atom stereocenters. The summed E-state index contributed by atoms with van der Waals surface area (Å²) in [6.07, 6.45) is 2.54. The molecule has 1 fully saturated rings. The average Bonchev–Trinajstić information content (AvgIpc) is 2.71. The number of hydrogen-bond donors (Lipinski definition) is 1. The largest absolute Gasteiger partial charge is 0.378 e. The molecule has 1 aliphatic rings. The van der Waals surface area contributed by atoms with Crippen LogP contribution in [0.2, 0.25) is 0 Å². The van der Waals surface area contributed by atoms with Gasteiger partial charge in [-0.15, -0.1) is 0 Å². The fourth-order valence-electron chi connectivity index (χ4n) is 3.14. The number of anilines is 1. The Balaban J connectivity index is 2.22. The van der Waals surface area contributed by atoms with Crippen LogP contribution in [-0.2, 0) is 0 Å². The molecule has 0 saturated carbocycles. The van der Waals surface area contributed by atoms with Gasteiger partial charge in [-0.2, -0.15) is 0 Å². The SMILES string of the molecule is CN(C)c1ccc(C(CN)N2CCCC2(C)C)cc1. The van der Waals surface area contributed by atoms with Crippen molar-refractivity contribution in [1.82, 2.24) is 4.90 Å². The summed E-state index contributed by atoms with van der Waals surface area (Å²) in [5.74, 6) is 0. The summed E-state index contributed by atoms with van der Waals surface area (Å²) in [6.45, 7) is 6.50.